The molecule has 1 amide bonds. The molecule has 11 heteroatoms. The van der Waals surface area contributed by atoms with Gasteiger partial charge in [0, 0.05) is 30.5 Å². The van der Waals surface area contributed by atoms with Crippen molar-refractivity contribution in [3.05, 3.63) is 72.3 Å². The maximum atomic E-state index is 11.7. The highest BCUT2D eigenvalue weighted by Crippen LogP contribution is 2.36. The Morgan fingerprint density at radius 1 is 0.833 bits per heavy atom. The summed E-state index contributed by atoms with van der Waals surface area (Å²) in [6.07, 6.45) is 5.76. The Balaban J connectivity index is 0.000000198. The topological polar surface area (TPSA) is 126 Å². The Kier molecular flexibility index (Phi) is 10.3. The number of nitrogens with two attached hydrogens (primary N) is 1. The molecule has 0 aliphatic heterocycles. The fourth-order valence-corrected chi connectivity index (χ4v) is 4.41. The molecule has 2 aliphatic rings. The van der Waals surface area contributed by atoms with Gasteiger partial charge in [-0.1, -0.05) is 60.7 Å². The first-order chi connectivity index (χ1) is 19.8. The van der Waals surface area contributed by atoms with Gasteiger partial charge in [0.05, 0.1) is 12.1 Å². The molecule has 4 aromatic rings. The molecule has 0 unspecified atom stereocenters. The third-order valence-corrected chi connectivity index (χ3v) is 6.64. The van der Waals surface area contributed by atoms with Gasteiger partial charge in [0.1, 0.15) is 17.2 Å². The normalized spacial score (nSPS) is 14.4. The zero-order valence-electron chi connectivity index (χ0n) is 24.6. The minimum atomic E-state index is -0.488. The Bertz CT molecular complexity index is 1420. The van der Waals surface area contributed by atoms with Gasteiger partial charge in [-0.05, 0) is 53.0 Å². The number of rotatable bonds is 9. The van der Waals surface area contributed by atoms with Crippen molar-refractivity contribution in [2.75, 3.05) is 13.1 Å². The van der Waals surface area contributed by atoms with E-state index in [-0.39, 0.29) is 12.4 Å². The Hall–Kier alpha value is -3.76. The maximum Gasteiger partial charge on any atom is 0.407 e. The molecule has 2 saturated carbocycles. The smallest absolute Gasteiger partial charge is 0.407 e. The fourth-order valence-electron chi connectivity index (χ4n) is 4.41. The van der Waals surface area contributed by atoms with Crippen LogP contribution in [0.3, 0.4) is 0 Å². The number of carbonyl (C=O) groups excluding carboxylic acids is 1. The molecule has 2 aromatic heterocycles. The number of benzene rings is 2. The number of alkyl carbamates (subject to hydrolysis) is 1. The van der Waals surface area contributed by atoms with Crippen molar-refractivity contribution >= 4 is 18.5 Å². The average molecular weight is 593 g/mol. The molecular weight excluding hydrogens is 552 g/mol. The molecule has 6 rings (SSSR count). The van der Waals surface area contributed by atoms with Gasteiger partial charge >= 0.3 is 6.09 Å². The lowest BCUT2D eigenvalue weighted by molar-refractivity contribution is 0.0528. The first kappa shape index (κ1) is 31.2. The highest BCUT2D eigenvalue weighted by molar-refractivity contribution is 5.85. The van der Waals surface area contributed by atoms with Gasteiger partial charge in [0.2, 0.25) is 0 Å². The lowest BCUT2D eigenvalue weighted by Gasteiger charge is -2.19. The predicted octanol–water partition coefficient (Wildman–Crippen LogP) is 5.55. The monoisotopic (exact) mass is 592 g/mol. The van der Waals surface area contributed by atoms with E-state index in [2.05, 4.69) is 30.2 Å². The van der Waals surface area contributed by atoms with Crippen LogP contribution in [0.25, 0.3) is 22.8 Å². The summed E-state index contributed by atoms with van der Waals surface area (Å²) in [5, 5.41) is 12.1. The number of hydrogen-bond acceptors (Lipinski definition) is 7. The molecule has 0 radical (unpaired) electrons. The molecule has 2 fully saturated rings. The molecular formula is C31H41ClN8O2. The van der Waals surface area contributed by atoms with Gasteiger partial charge in [0.25, 0.3) is 0 Å². The van der Waals surface area contributed by atoms with Crippen molar-refractivity contribution in [3.63, 3.8) is 0 Å². The van der Waals surface area contributed by atoms with Crippen LogP contribution >= 0.6 is 12.4 Å². The van der Waals surface area contributed by atoms with Crippen LogP contribution in [0.1, 0.15) is 70.2 Å². The summed E-state index contributed by atoms with van der Waals surface area (Å²) < 4.78 is 9.33. The Morgan fingerprint density at radius 2 is 1.29 bits per heavy atom. The number of hydrogen-bond donors (Lipinski definition) is 2. The van der Waals surface area contributed by atoms with Crippen molar-refractivity contribution < 1.29 is 9.53 Å². The molecule has 0 spiro atoms. The second-order valence-corrected chi connectivity index (χ2v) is 11.5. The minimum absolute atomic E-state index is 0. The lowest BCUT2D eigenvalue weighted by atomic mass is 10.2. The summed E-state index contributed by atoms with van der Waals surface area (Å²) in [6.45, 7) is 6.65. The van der Waals surface area contributed by atoms with Gasteiger partial charge < -0.3 is 15.8 Å². The van der Waals surface area contributed by atoms with Crippen molar-refractivity contribution in [2.45, 2.75) is 77.0 Å². The zero-order chi connectivity index (χ0) is 28.8. The van der Waals surface area contributed by atoms with Crippen molar-refractivity contribution in [1.82, 2.24) is 34.8 Å². The highest BCUT2D eigenvalue weighted by Gasteiger charge is 2.29. The average Bonchev–Trinajstić information content (AvgIpc) is 3.90. The van der Waals surface area contributed by atoms with Crippen LogP contribution in [-0.2, 0) is 17.6 Å². The van der Waals surface area contributed by atoms with Crippen molar-refractivity contribution in [3.8, 4) is 22.8 Å². The quantitative estimate of drug-likeness (QED) is 0.261. The summed E-state index contributed by atoms with van der Waals surface area (Å²) in [5.74, 6) is 3.50. The van der Waals surface area contributed by atoms with E-state index in [1.54, 1.807) is 0 Å². The second kappa shape index (κ2) is 13.9. The standard InChI is InChI=1S/C18H24N4O2.C13H16N4.ClH/c1-18(2,3)24-17(23)19-12-11-15-20-16(13-7-5-4-6-8-13)21-22(15)14-9-10-14;14-9-8-12-15-13(10-4-2-1-3-5-10)16-17(12)11-6-7-11;/h4-8,14H,9-12H2,1-3H3,(H,19,23);1-5,11H,6-9,14H2;1H. The molecule has 10 nitrogen and oxygen atoms in total. The van der Waals surface area contributed by atoms with Gasteiger partial charge in [-0.15, -0.1) is 12.4 Å². The van der Waals surface area contributed by atoms with Crippen molar-refractivity contribution in [1.29, 1.82) is 0 Å². The predicted molar refractivity (Wildman–Crippen MR) is 165 cm³/mol. The van der Waals surface area contributed by atoms with Crippen LogP contribution < -0.4 is 11.1 Å². The number of ether oxygens (including phenoxy) is 1. The van der Waals surface area contributed by atoms with E-state index >= 15 is 0 Å². The van der Waals surface area contributed by atoms with Crippen LogP contribution in [0.5, 0.6) is 0 Å². The first-order valence-corrected chi connectivity index (χ1v) is 14.5. The van der Waals surface area contributed by atoms with Gasteiger partial charge in [-0.3, -0.25) is 0 Å². The molecule has 0 bridgehead atoms. The van der Waals surface area contributed by atoms with Gasteiger partial charge in [-0.2, -0.15) is 10.2 Å². The number of amides is 1. The molecule has 2 aromatic carbocycles. The van der Waals surface area contributed by atoms with Crippen LogP contribution in [0.4, 0.5) is 4.79 Å². The summed E-state index contributed by atoms with van der Waals surface area (Å²) in [7, 11) is 0. The third-order valence-electron chi connectivity index (χ3n) is 6.64. The van der Waals surface area contributed by atoms with E-state index in [1.807, 2.05) is 86.1 Å². The van der Waals surface area contributed by atoms with E-state index < -0.39 is 11.7 Å². The van der Waals surface area contributed by atoms with E-state index in [4.69, 9.17) is 10.5 Å². The van der Waals surface area contributed by atoms with Crippen LogP contribution in [0.2, 0.25) is 0 Å². The molecule has 0 atom stereocenters. The summed E-state index contributed by atoms with van der Waals surface area (Å²) >= 11 is 0. The van der Waals surface area contributed by atoms with Crippen LogP contribution in [0.15, 0.2) is 60.7 Å². The molecule has 2 aliphatic carbocycles. The van der Waals surface area contributed by atoms with E-state index in [9.17, 15) is 4.79 Å². The van der Waals surface area contributed by atoms with Crippen LogP contribution in [-0.4, -0.2) is 54.3 Å². The lowest BCUT2D eigenvalue weighted by Crippen LogP contribution is -2.33. The largest absolute Gasteiger partial charge is 0.444 e. The second-order valence-electron chi connectivity index (χ2n) is 11.5. The fraction of sp³-hybridized carbons (Fsp3) is 0.452. The SMILES string of the molecule is CC(C)(C)OC(=O)NCCc1nc(-c2ccccc2)nn1C1CC1.Cl.NCCc1nc(-c2ccccc2)nn1C1CC1. The summed E-state index contributed by atoms with van der Waals surface area (Å²) in [6, 6.07) is 21.1. The zero-order valence-corrected chi connectivity index (χ0v) is 25.4. The number of nitrogens with one attached hydrogen (secondary N) is 1. The number of carbonyl (C=O) groups is 1. The molecule has 224 valence electrons. The van der Waals surface area contributed by atoms with Crippen molar-refractivity contribution in [2.24, 2.45) is 5.73 Å². The summed E-state index contributed by atoms with van der Waals surface area (Å²) in [4.78, 5) is 21.0. The molecule has 0 saturated heterocycles. The van der Waals surface area contributed by atoms with Gasteiger partial charge in [-0.25, -0.2) is 24.1 Å². The van der Waals surface area contributed by atoms with E-state index in [0.717, 1.165) is 53.7 Å². The van der Waals surface area contributed by atoms with E-state index in [1.165, 1.54) is 12.8 Å². The first-order valence-electron chi connectivity index (χ1n) is 14.5. The molecule has 3 N–H and O–H groups in total. The Labute approximate surface area is 253 Å². The number of aromatic nitrogens is 6. The number of nitrogens with zero attached hydrogens (tertiary/aromatic N) is 6. The Morgan fingerprint density at radius 3 is 1.69 bits per heavy atom. The maximum absolute atomic E-state index is 11.7. The highest BCUT2D eigenvalue weighted by atomic mass is 35.5. The van der Waals surface area contributed by atoms with Gasteiger partial charge in [0.15, 0.2) is 11.6 Å². The van der Waals surface area contributed by atoms with E-state index in [0.29, 0.717) is 31.6 Å². The molecule has 2 heterocycles. The molecule has 42 heavy (non-hydrogen) atoms. The third kappa shape index (κ3) is 8.62. The van der Waals surface area contributed by atoms with Crippen LogP contribution in [0, 0.1) is 0 Å². The minimum Gasteiger partial charge on any atom is -0.444 e. The summed E-state index contributed by atoms with van der Waals surface area (Å²) in [5.41, 5.74) is 7.22. The number of halogens is 1.